The second-order valence-corrected chi connectivity index (χ2v) is 6.59. The number of amides is 1. The fraction of sp³-hybridized carbons (Fsp3) is 0.579. The molecule has 3 N–H and O–H groups in total. The SMILES string of the molecule is CN=C(NCCNC(=O)c1cccc(OC)c1)NC1CCC(C)CC1. The highest BCUT2D eigenvalue weighted by molar-refractivity contribution is 5.94. The molecule has 2 rings (SSSR count). The van der Waals surface area contributed by atoms with E-state index in [1.54, 1.807) is 26.3 Å². The Balaban J connectivity index is 1.69. The van der Waals surface area contributed by atoms with E-state index in [2.05, 4.69) is 27.9 Å². The van der Waals surface area contributed by atoms with Gasteiger partial charge in [-0.3, -0.25) is 9.79 Å². The molecule has 0 atom stereocenters. The summed E-state index contributed by atoms with van der Waals surface area (Å²) in [6, 6.07) is 7.63. The number of hydrogen-bond acceptors (Lipinski definition) is 3. The standard InChI is InChI=1S/C19H30N4O2/c1-14-7-9-16(10-8-14)23-19(20-2)22-12-11-21-18(24)15-5-4-6-17(13-15)25-3/h4-6,13-14,16H,7-12H2,1-3H3,(H,21,24)(H2,20,22,23). The van der Waals surface area contributed by atoms with Gasteiger partial charge in [0.2, 0.25) is 0 Å². The van der Waals surface area contributed by atoms with Crippen LogP contribution in [0.1, 0.15) is 43.0 Å². The molecule has 0 unspecified atom stereocenters. The molecule has 6 heteroatoms. The second-order valence-electron chi connectivity index (χ2n) is 6.59. The third kappa shape index (κ3) is 6.29. The molecule has 138 valence electrons. The van der Waals surface area contributed by atoms with Crippen LogP contribution in [-0.4, -0.2) is 45.2 Å². The van der Waals surface area contributed by atoms with E-state index in [1.165, 1.54) is 25.7 Å². The van der Waals surface area contributed by atoms with Crippen molar-refractivity contribution in [1.82, 2.24) is 16.0 Å². The Morgan fingerprint density at radius 2 is 1.92 bits per heavy atom. The van der Waals surface area contributed by atoms with E-state index < -0.39 is 0 Å². The van der Waals surface area contributed by atoms with Crippen molar-refractivity contribution in [3.05, 3.63) is 29.8 Å². The maximum absolute atomic E-state index is 12.1. The zero-order valence-corrected chi connectivity index (χ0v) is 15.5. The minimum atomic E-state index is -0.107. The summed E-state index contributed by atoms with van der Waals surface area (Å²) in [4.78, 5) is 16.4. The van der Waals surface area contributed by atoms with Crippen molar-refractivity contribution in [2.45, 2.75) is 38.6 Å². The van der Waals surface area contributed by atoms with Crippen LogP contribution in [0.4, 0.5) is 0 Å². The lowest BCUT2D eigenvalue weighted by atomic mass is 9.87. The summed E-state index contributed by atoms with van der Waals surface area (Å²) in [5.74, 6) is 2.21. The van der Waals surface area contributed by atoms with Crippen LogP contribution in [0.5, 0.6) is 5.75 Å². The summed E-state index contributed by atoms with van der Waals surface area (Å²) in [6.45, 7) is 3.46. The first-order valence-corrected chi connectivity index (χ1v) is 9.01. The molecule has 1 fully saturated rings. The molecule has 0 saturated heterocycles. The molecule has 0 bridgehead atoms. The zero-order chi connectivity index (χ0) is 18.1. The highest BCUT2D eigenvalue weighted by atomic mass is 16.5. The van der Waals surface area contributed by atoms with E-state index in [0.29, 0.717) is 30.4 Å². The topological polar surface area (TPSA) is 74.8 Å². The molecular weight excluding hydrogens is 316 g/mol. The van der Waals surface area contributed by atoms with Gasteiger partial charge in [0, 0.05) is 31.7 Å². The van der Waals surface area contributed by atoms with Crippen molar-refractivity contribution in [2.24, 2.45) is 10.9 Å². The lowest BCUT2D eigenvalue weighted by Gasteiger charge is -2.28. The summed E-state index contributed by atoms with van der Waals surface area (Å²) in [7, 11) is 3.36. The normalized spacial score (nSPS) is 20.7. The van der Waals surface area contributed by atoms with Crippen LogP contribution >= 0.6 is 0 Å². The number of hydrogen-bond donors (Lipinski definition) is 3. The molecule has 0 spiro atoms. The number of carbonyl (C=O) groups is 1. The highest BCUT2D eigenvalue weighted by Crippen LogP contribution is 2.23. The first kappa shape index (κ1) is 19.1. The maximum atomic E-state index is 12.1. The number of nitrogens with one attached hydrogen (secondary N) is 3. The van der Waals surface area contributed by atoms with Crippen LogP contribution in [0.15, 0.2) is 29.3 Å². The van der Waals surface area contributed by atoms with Crippen molar-refractivity contribution in [1.29, 1.82) is 0 Å². The van der Waals surface area contributed by atoms with E-state index in [-0.39, 0.29) is 5.91 Å². The van der Waals surface area contributed by atoms with Gasteiger partial charge in [-0.05, 0) is 49.8 Å². The Hall–Kier alpha value is -2.24. The molecule has 0 aromatic heterocycles. The Kier molecular flexibility index (Phi) is 7.57. The number of methoxy groups -OCH3 is 1. The molecule has 1 aromatic carbocycles. The van der Waals surface area contributed by atoms with Gasteiger partial charge in [0.25, 0.3) is 5.91 Å². The van der Waals surface area contributed by atoms with Gasteiger partial charge in [0.15, 0.2) is 5.96 Å². The van der Waals surface area contributed by atoms with E-state index in [4.69, 9.17) is 4.74 Å². The summed E-state index contributed by atoms with van der Waals surface area (Å²) in [5.41, 5.74) is 0.596. The average Bonchev–Trinajstić information content (AvgIpc) is 2.65. The lowest BCUT2D eigenvalue weighted by Crippen LogP contribution is -2.46. The summed E-state index contributed by atoms with van der Waals surface area (Å²) >= 11 is 0. The van der Waals surface area contributed by atoms with Crippen molar-refractivity contribution in [3.8, 4) is 5.75 Å². The fourth-order valence-electron chi connectivity index (χ4n) is 3.02. The number of carbonyl (C=O) groups excluding carboxylic acids is 1. The summed E-state index contributed by atoms with van der Waals surface area (Å²) in [6.07, 6.45) is 4.92. The quantitative estimate of drug-likeness (QED) is 0.419. The minimum absolute atomic E-state index is 0.107. The van der Waals surface area contributed by atoms with Gasteiger partial charge in [-0.1, -0.05) is 13.0 Å². The number of nitrogens with zero attached hydrogens (tertiary/aromatic N) is 1. The summed E-state index contributed by atoms with van der Waals surface area (Å²) < 4.78 is 5.14. The fourth-order valence-corrected chi connectivity index (χ4v) is 3.02. The first-order chi connectivity index (χ1) is 12.1. The van der Waals surface area contributed by atoms with Crippen molar-refractivity contribution >= 4 is 11.9 Å². The first-order valence-electron chi connectivity index (χ1n) is 9.01. The van der Waals surface area contributed by atoms with Gasteiger partial charge in [0.1, 0.15) is 5.75 Å². The van der Waals surface area contributed by atoms with Gasteiger partial charge in [-0.25, -0.2) is 0 Å². The van der Waals surface area contributed by atoms with Crippen LogP contribution in [0, 0.1) is 5.92 Å². The molecule has 1 aliphatic carbocycles. The molecule has 0 aliphatic heterocycles. The van der Waals surface area contributed by atoms with Crippen LogP contribution in [-0.2, 0) is 0 Å². The van der Waals surface area contributed by atoms with Gasteiger partial charge in [0.05, 0.1) is 7.11 Å². The van der Waals surface area contributed by atoms with Crippen molar-refractivity contribution in [2.75, 3.05) is 27.2 Å². The number of benzene rings is 1. The van der Waals surface area contributed by atoms with Crippen LogP contribution in [0.25, 0.3) is 0 Å². The number of guanidine groups is 1. The predicted molar refractivity (Wildman–Crippen MR) is 101 cm³/mol. The van der Waals surface area contributed by atoms with E-state index in [0.717, 1.165) is 11.9 Å². The lowest BCUT2D eigenvalue weighted by molar-refractivity contribution is 0.0954. The molecule has 0 heterocycles. The molecule has 25 heavy (non-hydrogen) atoms. The van der Waals surface area contributed by atoms with Gasteiger partial charge in [-0.2, -0.15) is 0 Å². The van der Waals surface area contributed by atoms with E-state index in [9.17, 15) is 4.79 Å². The van der Waals surface area contributed by atoms with E-state index >= 15 is 0 Å². The third-order valence-corrected chi connectivity index (χ3v) is 4.62. The molecule has 1 aromatic rings. The Morgan fingerprint density at radius 1 is 1.20 bits per heavy atom. The smallest absolute Gasteiger partial charge is 0.251 e. The third-order valence-electron chi connectivity index (χ3n) is 4.62. The van der Waals surface area contributed by atoms with Crippen LogP contribution in [0.3, 0.4) is 0 Å². The Bertz CT molecular complexity index is 581. The molecule has 1 amide bonds. The van der Waals surface area contributed by atoms with Gasteiger partial charge >= 0.3 is 0 Å². The summed E-state index contributed by atoms with van der Waals surface area (Å²) in [5, 5.41) is 9.63. The van der Waals surface area contributed by atoms with Crippen molar-refractivity contribution in [3.63, 3.8) is 0 Å². The molecule has 1 aliphatic rings. The largest absolute Gasteiger partial charge is 0.497 e. The Labute approximate surface area is 150 Å². The number of ether oxygens (including phenoxy) is 1. The molecule has 0 radical (unpaired) electrons. The zero-order valence-electron chi connectivity index (χ0n) is 15.5. The molecule has 1 saturated carbocycles. The highest BCUT2D eigenvalue weighted by Gasteiger charge is 2.18. The van der Waals surface area contributed by atoms with Crippen LogP contribution < -0.4 is 20.7 Å². The van der Waals surface area contributed by atoms with E-state index in [1.807, 2.05) is 12.1 Å². The molecule has 6 nitrogen and oxygen atoms in total. The number of rotatable bonds is 6. The predicted octanol–water partition coefficient (Wildman–Crippen LogP) is 2.17. The van der Waals surface area contributed by atoms with Crippen LogP contribution in [0.2, 0.25) is 0 Å². The monoisotopic (exact) mass is 346 g/mol. The number of aliphatic imine (C=N–C) groups is 1. The van der Waals surface area contributed by atoms with Gasteiger partial charge < -0.3 is 20.7 Å². The molecular formula is C19H30N4O2. The second kappa shape index (κ2) is 9.91. The van der Waals surface area contributed by atoms with Crippen molar-refractivity contribution < 1.29 is 9.53 Å². The maximum Gasteiger partial charge on any atom is 0.251 e. The van der Waals surface area contributed by atoms with Gasteiger partial charge in [-0.15, -0.1) is 0 Å². The average molecular weight is 346 g/mol. The Morgan fingerprint density at radius 3 is 2.60 bits per heavy atom. The minimum Gasteiger partial charge on any atom is -0.497 e.